The van der Waals surface area contributed by atoms with Crippen LogP contribution in [0.1, 0.15) is 32.5 Å². The summed E-state index contributed by atoms with van der Waals surface area (Å²) in [5.41, 5.74) is 10.7. The van der Waals surface area contributed by atoms with Gasteiger partial charge >= 0.3 is 0 Å². The molecule has 4 N–H and O–H groups in total. The fraction of sp³-hybridized carbons (Fsp3) is 0.350. The molecule has 9 heteroatoms. The predicted octanol–water partition coefficient (Wildman–Crippen LogP) is 3.16. The Balaban J connectivity index is 2.20. The fourth-order valence-electron chi connectivity index (χ4n) is 3.08. The largest absolute Gasteiger partial charge is 0.477 e. The minimum absolute atomic E-state index is 0.157. The molecule has 0 aliphatic rings. The third-order valence-corrected chi connectivity index (χ3v) is 4.33. The monoisotopic (exact) mass is 394 g/mol. The molecule has 0 unspecified atom stereocenters. The van der Waals surface area contributed by atoms with E-state index in [9.17, 15) is 0 Å². The van der Waals surface area contributed by atoms with Gasteiger partial charge in [0.15, 0.2) is 0 Å². The van der Waals surface area contributed by atoms with Crippen molar-refractivity contribution >= 4 is 28.9 Å². The first-order valence-electron chi connectivity index (χ1n) is 9.49. The van der Waals surface area contributed by atoms with Crippen molar-refractivity contribution in [2.45, 2.75) is 33.7 Å². The van der Waals surface area contributed by atoms with Crippen molar-refractivity contribution in [3.63, 3.8) is 0 Å². The molecule has 3 heterocycles. The van der Waals surface area contributed by atoms with Crippen LogP contribution in [0.2, 0.25) is 0 Å². The van der Waals surface area contributed by atoms with Crippen LogP contribution in [0.25, 0.3) is 22.3 Å². The number of amidine groups is 1. The van der Waals surface area contributed by atoms with Crippen LogP contribution in [0, 0.1) is 12.3 Å². The van der Waals surface area contributed by atoms with Gasteiger partial charge in [0.05, 0.1) is 35.8 Å². The average Bonchev–Trinajstić information content (AvgIpc) is 3.04. The van der Waals surface area contributed by atoms with Gasteiger partial charge in [0.1, 0.15) is 23.2 Å². The maximum atomic E-state index is 7.09. The number of nitrogens with two attached hydrogens (primary N) is 1. The lowest BCUT2D eigenvalue weighted by Crippen LogP contribution is -2.23. The van der Waals surface area contributed by atoms with Crippen LogP contribution in [0.5, 0.6) is 5.88 Å². The summed E-state index contributed by atoms with van der Waals surface area (Å²) in [5, 5.41) is 15.1. The van der Waals surface area contributed by atoms with Crippen molar-refractivity contribution < 1.29 is 4.74 Å². The number of aliphatic imine (C=N–C) groups is 1. The van der Waals surface area contributed by atoms with E-state index in [0.717, 1.165) is 40.0 Å². The Kier molecular flexibility index (Phi) is 6.06. The third kappa shape index (κ3) is 4.18. The number of hydrogen-bond acceptors (Lipinski definition) is 6. The Morgan fingerprint density at radius 3 is 2.93 bits per heavy atom. The summed E-state index contributed by atoms with van der Waals surface area (Å²) < 4.78 is 7.64. The number of fused-ring (bicyclic) bond motifs is 1. The molecular formula is C20H26N8O. The van der Waals surface area contributed by atoms with Gasteiger partial charge in [0, 0.05) is 12.2 Å². The van der Waals surface area contributed by atoms with Gasteiger partial charge in [0.25, 0.3) is 0 Å². The van der Waals surface area contributed by atoms with Gasteiger partial charge in [-0.15, -0.1) is 0 Å². The van der Waals surface area contributed by atoms with Crippen LogP contribution in [-0.2, 0) is 0 Å². The predicted molar refractivity (Wildman–Crippen MR) is 116 cm³/mol. The highest BCUT2D eigenvalue weighted by Gasteiger charge is 2.19. The van der Waals surface area contributed by atoms with E-state index < -0.39 is 0 Å². The van der Waals surface area contributed by atoms with Crippen LogP contribution in [0.4, 0.5) is 5.69 Å². The Bertz CT molecular complexity index is 1050. The summed E-state index contributed by atoms with van der Waals surface area (Å²) in [7, 11) is 0. The van der Waals surface area contributed by atoms with E-state index in [-0.39, 0.29) is 6.04 Å². The SMILES string of the molecule is CCOc1ncccc1-c1cc(NCC(N)=NC=N)c2c(n1)c(C)nn2C(C)C. The van der Waals surface area contributed by atoms with E-state index in [1.165, 1.54) is 0 Å². The van der Waals surface area contributed by atoms with Gasteiger partial charge in [0.2, 0.25) is 5.88 Å². The number of aromatic nitrogens is 4. The van der Waals surface area contributed by atoms with Crippen molar-refractivity contribution in [3.8, 4) is 17.1 Å². The maximum absolute atomic E-state index is 7.09. The standard InChI is InChI=1S/C20H26N8O/c1-5-29-20-14(7-6-8-23-20)15-9-16(24-10-17(22)25-11-21)19-18(26-15)13(4)27-28(19)12(2)3/h6-9,11-12H,5,10H2,1-4H3,(H,24,26)(H3,21,22,25). The molecule has 3 aromatic heterocycles. The third-order valence-electron chi connectivity index (χ3n) is 4.33. The lowest BCUT2D eigenvalue weighted by atomic mass is 10.1. The van der Waals surface area contributed by atoms with Crippen LogP contribution in [0.15, 0.2) is 29.4 Å². The first kappa shape index (κ1) is 20.2. The molecule has 0 aliphatic carbocycles. The number of nitrogens with zero attached hydrogens (tertiary/aromatic N) is 5. The van der Waals surface area contributed by atoms with E-state index in [2.05, 4.69) is 34.2 Å². The van der Waals surface area contributed by atoms with Crippen LogP contribution in [-0.4, -0.2) is 45.1 Å². The van der Waals surface area contributed by atoms with Gasteiger partial charge in [-0.25, -0.2) is 15.0 Å². The van der Waals surface area contributed by atoms with Crippen LogP contribution >= 0.6 is 0 Å². The number of anilines is 1. The van der Waals surface area contributed by atoms with E-state index in [4.69, 9.17) is 20.9 Å². The molecule has 0 saturated carbocycles. The second-order valence-corrected chi connectivity index (χ2v) is 6.77. The fourth-order valence-corrected chi connectivity index (χ4v) is 3.08. The molecule has 9 nitrogen and oxygen atoms in total. The van der Waals surface area contributed by atoms with E-state index >= 15 is 0 Å². The zero-order valence-corrected chi connectivity index (χ0v) is 17.1. The van der Waals surface area contributed by atoms with Gasteiger partial charge < -0.3 is 15.8 Å². The molecule has 0 fully saturated rings. The summed E-state index contributed by atoms with van der Waals surface area (Å²) in [6.45, 7) is 8.81. The lowest BCUT2D eigenvalue weighted by molar-refractivity contribution is 0.328. The van der Waals surface area contributed by atoms with E-state index in [0.29, 0.717) is 24.9 Å². The van der Waals surface area contributed by atoms with Gasteiger partial charge in [-0.3, -0.25) is 10.1 Å². The first-order valence-corrected chi connectivity index (χ1v) is 9.49. The molecule has 0 bridgehead atoms. The van der Waals surface area contributed by atoms with Crippen molar-refractivity contribution in [3.05, 3.63) is 30.1 Å². The summed E-state index contributed by atoms with van der Waals surface area (Å²) in [6.07, 6.45) is 2.62. The molecule has 0 spiro atoms. The van der Waals surface area contributed by atoms with Crippen molar-refractivity contribution in [2.75, 3.05) is 18.5 Å². The number of rotatable bonds is 8. The van der Waals surface area contributed by atoms with Gasteiger partial charge in [-0.1, -0.05) is 0 Å². The number of pyridine rings is 2. The second kappa shape index (κ2) is 8.68. The number of hydrogen-bond donors (Lipinski definition) is 3. The Morgan fingerprint density at radius 1 is 1.45 bits per heavy atom. The number of ether oxygens (including phenoxy) is 1. The molecule has 0 radical (unpaired) electrons. The highest BCUT2D eigenvalue weighted by atomic mass is 16.5. The molecule has 3 rings (SSSR count). The Labute approximate surface area is 169 Å². The van der Waals surface area contributed by atoms with Crippen LogP contribution < -0.4 is 15.8 Å². The molecule has 0 amide bonds. The van der Waals surface area contributed by atoms with Crippen molar-refractivity contribution in [2.24, 2.45) is 10.7 Å². The molecule has 3 aromatic rings. The topological polar surface area (TPSA) is 127 Å². The highest BCUT2D eigenvalue weighted by molar-refractivity contribution is 5.96. The minimum Gasteiger partial charge on any atom is -0.477 e. The summed E-state index contributed by atoms with van der Waals surface area (Å²) in [5.74, 6) is 0.849. The van der Waals surface area contributed by atoms with E-state index in [1.54, 1.807) is 6.20 Å². The Morgan fingerprint density at radius 2 is 2.24 bits per heavy atom. The zero-order valence-electron chi connectivity index (χ0n) is 17.1. The van der Waals surface area contributed by atoms with Crippen molar-refractivity contribution in [1.82, 2.24) is 19.7 Å². The highest BCUT2D eigenvalue weighted by Crippen LogP contribution is 2.34. The molecule has 152 valence electrons. The second-order valence-electron chi connectivity index (χ2n) is 6.77. The number of nitrogens with one attached hydrogen (secondary N) is 2. The van der Waals surface area contributed by atoms with Crippen LogP contribution in [0.3, 0.4) is 0 Å². The Hall–Kier alpha value is -3.49. The van der Waals surface area contributed by atoms with Gasteiger partial charge in [-0.2, -0.15) is 5.10 Å². The minimum atomic E-state index is 0.157. The molecule has 0 aliphatic heterocycles. The summed E-state index contributed by atoms with van der Waals surface area (Å²) >= 11 is 0. The molecule has 0 atom stereocenters. The first-order chi connectivity index (χ1) is 14.0. The zero-order chi connectivity index (χ0) is 21.0. The van der Waals surface area contributed by atoms with E-state index in [1.807, 2.05) is 36.7 Å². The quantitative estimate of drug-likeness (QED) is 0.398. The maximum Gasteiger partial charge on any atom is 0.222 e. The smallest absolute Gasteiger partial charge is 0.222 e. The normalized spacial score (nSPS) is 11.8. The lowest BCUT2D eigenvalue weighted by Gasteiger charge is -2.15. The van der Waals surface area contributed by atoms with Gasteiger partial charge in [-0.05, 0) is 45.9 Å². The van der Waals surface area contributed by atoms with Crippen molar-refractivity contribution in [1.29, 1.82) is 5.41 Å². The molecular weight excluding hydrogens is 368 g/mol. The number of aryl methyl sites for hydroxylation is 1. The average molecular weight is 394 g/mol. The summed E-state index contributed by atoms with van der Waals surface area (Å²) in [4.78, 5) is 13.0. The molecule has 0 aromatic carbocycles. The summed E-state index contributed by atoms with van der Waals surface area (Å²) in [6, 6.07) is 5.89. The molecule has 29 heavy (non-hydrogen) atoms. The molecule has 0 saturated heterocycles.